The van der Waals surface area contributed by atoms with Gasteiger partial charge in [-0.3, -0.25) is 9.59 Å². The van der Waals surface area contributed by atoms with Crippen LogP contribution in [0.25, 0.3) is 0 Å². The van der Waals surface area contributed by atoms with Gasteiger partial charge in [0.15, 0.2) is 0 Å². The number of carbonyl (C=O) groups excluding carboxylic acids is 2. The molecule has 0 aromatic heterocycles. The summed E-state index contributed by atoms with van der Waals surface area (Å²) in [7, 11) is 0. The van der Waals surface area contributed by atoms with E-state index in [2.05, 4.69) is 6.58 Å². The molecule has 3 nitrogen and oxygen atoms in total. The van der Waals surface area contributed by atoms with Gasteiger partial charge in [0.25, 0.3) is 0 Å². The topological polar surface area (TPSA) is 60.2 Å². The summed E-state index contributed by atoms with van der Waals surface area (Å²) in [4.78, 5) is 21.6. The van der Waals surface area contributed by atoms with Crippen LogP contribution in [0.1, 0.15) is 45.4 Å². The van der Waals surface area contributed by atoms with Gasteiger partial charge in [-0.2, -0.15) is 0 Å². The van der Waals surface area contributed by atoms with Gasteiger partial charge in [0.05, 0.1) is 0 Å². The molecule has 0 atom stereocenters. The normalized spacial score (nSPS) is 10.1. The first-order valence-corrected chi connectivity index (χ1v) is 6.63. The quantitative estimate of drug-likeness (QED) is 0.500. The SMILES string of the molecule is C=C(C)C(=O)SCCCCCCCC(N)=O. The summed E-state index contributed by atoms with van der Waals surface area (Å²) in [6.07, 6.45) is 5.67. The van der Waals surface area contributed by atoms with E-state index in [9.17, 15) is 9.59 Å². The summed E-state index contributed by atoms with van der Waals surface area (Å²) < 4.78 is 0. The lowest BCUT2D eigenvalue weighted by molar-refractivity contribution is -0.118. The monoisotopic (exact) mass is 243 g/mol. The molecule has 0 bridgehead atoms. The molecule has 0 heterocycles. The molecule has 0 rings (SSSR count). The minimum atomic E-state index is -0.220. The number of amides is 1. The van der Waals surface area contributed by atoms with Crippen LogP contribution in [0.5, 0.6) is 0 Å². The molecule has 1 amide bonds. The van der Waals surface area contributed by atoms with Gasteiger partial charge in [-0.1, -0.05) is 37.6 Å². The standard InChI is InChI=1S/C12H21NO2S/c1-10(2)12(15)16-9-7-5-3-4-6-8-11(13)14/h1,3-9H2,2H3,(H2,13,14). The molecule has 0 aliphatic heterocycles. The molecule has 0 aliphatic carbocycles. The van der Waals surface area contributed by atoms with Crippen molar-refractivity contribution in [2.24, 2.45) is 5.73 Å². The lowest BCUT2D eigenvalue weighted by Crippen LogP contribution is -2.09. The molecule has 0 aliphatic rings. The van der Waals surface area contributed by atoms with Crippen LogP contribution in [0.2, 0.25) is 0 Å². The molecule has 0 unspecified atom stereocenters. The van der Waals surface area contributed by atoms with E-state index in [1.54, 1.807) is 6.92 Å². The van der Waals surface area contributed by atoms with Crippen molar-refractivity contribution in [3.8, 4) is 0 Å². The Morgan fingerprint density at radius 3 is 2.25 bits per heavy atom. The first-order chi connectivity index (χ1) is 7.54. The van der Waals surface area contributed by atoms with E-state index in [0.717, 1.165) is 37.9 Å². The van der Waals surface area contributed by atoms with E-state index in [1.807, 2.05) is 0 Å². The van der Waals surface area contributed by atoms with Crippen molar-refractivity contribution in [2.75, 3.05) is 5.75 Å². The lowest BCUT2D eigenvalue weighted by Gasteiger charge is -2.01. The molecule has 92 valence electrons. The molecule has 2 N–H and O–H groups in total. The van der Waals surface area contributed by atoms with E-state index in [1.165, 1.54) is 11.8 Å². The van der Waals surface area contributed by atoms with Crippen molar-refractivity contribution in [1.82, 2.24) is 0 Å². The van der Waals surface area contributed by atoms with E-state index in [0.29, 0.717) is 12.0 Å². The smallest absolute Gasteiger partial charge is 0.217 e. The third-order valence-electron chi connectivity index (χ3n) is 2.15. The Hall–Kier alpha value is -0.770. The highest BCUT2D eigenvalue weighted by molar-refractivity contribution is 8.14. The summed E-state index contributed by atoms with van der Waals surface area (Å²) in [6.45, 7) is 5.33. The van der Waals surface area contributed by atoms with Crippen molar-refractivity contribution in [1.29, 1.82) is 0 Å². The maximum absolute atomic E-state index is 11.2. The largest absolute Gasteiger partial charge is 0.370 e. The van der Waals surface area contributed by atoms with Crippen molar-refractivity contribution in [3.05, 3.63) is 12.2 Å². The van der Waals surface area contributed by atoms with Crippen LogP contribution in [-0.4, -0.2) is 16.8 Å². The van der Waals surface area contributed by atoms with Gasteiger partial charge in [0, 0.05) is 12.2 Å². The highest BCUT2D eigenvalue weighted by Gasteiger charge is 2.02. The average molecular weight is 243 g/mol. The van der Waals surface area contributed by atoms with Crippen LogP contribution >= 0.6 is 11.8 Å². The molecule has 0 saturated heterocycles. The van der Waals surface area contributed by atoms with Crippen LogP contribution < -0.4 is 5.73 Å². The van der Waals surface area contributed by atoms with Crippen LogP contribution in [0.3, 0.4) is 0 Å². The summed E-state index contributed by atoms with van der Waals surface area (Å²) in [5.74, 6) is 0.643. The minimum Gasteiger partial charge on any atom is -0.370 e. The van der Waals surface area contributed by atoms with E-state index in [4.69, 9.17) is 5.73 Å². The summed E-state index contributed by atoms with van der Waals surface area (Å²) in [5, 5.41) is 0.0914. The van der Waals surface area contributed by atoms with Gasteiger partial charge in [-0.05, 0) is 25.3 Å². The number of unbranched alkanes of at least 4 members (excludes halogenated alkanes) is 4. The fourth-order valence-electron chi connectivity index (χ4n) is 1.22. The fourth-order valence-corrected chi connectivity index (χ4v) is 2.00. The molecular weight excluding hydrogens is 222 g/mol. The molecular formula is C12H21NO2S. The second kappa shape index (κ2) is 9.46. The predicted octanol–water partition coefficient (Wildman–Crippen LogP) is 2.65. The second-order valence-electron chi connectivity index (χ2n) is 3.90. The van der Waals surface area contributed by atoms with Gasteiger partial charge in [0.2, 0.25) is 11.0 Å². The molecule has 0 spiro atoms. The van der Waals surface area contributed by atoms with E-state index in [-0.39, 0.29) is 11.0 Å². The van der Waals surface area contributed by atoms with Crippen LogP contribution in [0.15, 0.2) is 12.2 Å². The van der Waals surface area contributed by atoms with Crippen molar-refractivity contribution < 1.29 is 9.59 Å². The van der Waals surface area contributed by atoms with Crippen molar-refractivity contribution in [3.63, 3.8) is 0 Å². The van der Waals surface area contributed by atoms with Gasteiger partial charge >= 0.3 is 0 Å². The van der Waals surface area contributed by atoms with Gasteiger partial charge < -0.3 is 5.73 Å². The van der Waals surface area contributed by atoms with Gasteiger partial charge in [-0.25, -0.2) is 0 Å². The first-order valence-electron chi connectivity index (χ1n) is 5.65. The minimum absolute atomic E-state index is 0.0914. The fraction of sp³-hybridized carbons (Fsp3) is 0.667. The summed E-state index contributed by atoms with van der Waals surface area (Å²) >= 11 is 1.34. The van der Waals surface area contributed by atoms with Gasteiger partial charge in [-0.15, -0.1) is 0 Å². The number of hydrogen-bond acceptors (Lipinski definition) is 3. The summed E-state index contributed by atoms with van der Waals surface area (Å²) in [6, 6.07) is 0. The zero-order chi connectivity index (χ0) is 12.4. The van der Waals surface area contributed by atoms with Crippen molar-refractivity contribution >= 4 is 22.8 Å². The Labute approximate surface area is 102 Å². The van der Waals surface area contributed by atoms with Crippen LogP contribution in [0.4, 0.5) is 0 Å². The average Bonchev–Trinajstić information content (AvgIpc) is 2.21. The lowest BCUT2D eigenvalue weighted by atomic mass is 10.1. The summed E-state index contributed by atoms with van der Waals surface area (Å²) in [5.41, 5.74) is 5.65. The maximum Gasteiger partial charge on any atom is 0.217 e. The Balaban J connectivity index is 3.19. The Bertz CT molecular complexity index is 251. The van der Waals surface area contributed by atoms with E-state index >= 15 is 0 Å². The zero-order valence-electron chi connectivity index (χ0n) is 9.96. The third-order valence-corrected chi connectivity index (χ3v) is 3.25. The Morgan fingerprint density at radius 2 is 1.69 bits per heavy atom. The Kier molecular flexibility index (Phi) is 9.00. The van der Waals surface area contributed by atoms with E-state index < -0.39 is 0 Å². The highest BCUT2D eigenvalue weighted by atomic mass is 32.2. The molecule has 0 radical (unpaired) electrons. The van der Waals surface area contributed by atoms with Crippen LogP contribution in [-0.2, 0) is 9.59 Å². The molecule has 4 heteroatoms. The highest BCUT2D eigenvalue weighted by Crippen LogP contribution is 2.13. The molecule has 0 aromatic carbocycles. The molecule has 0 saturated carbocycles. The van der Waals surface area contributed by atoms with Crippen LogP contribution in [0, 0.1) is 0 Å². The molecule has 0 fully saturated rings. The molecule has 16 heavy (non-hydrogen) atoms. The Morgan fingerprint density at radius 1 is 1.12 bits per heavy atom. The predicted molar refractivity (Wildman–Crippen MR) is 69.2 cm³/mol. The van der Waals surface area contributed by atoms with Gasteiger partial charge in [0.1, 0.15) is 0 Å². The number of hydrogen-bond donors (Lipinski definition) is 1. The third kappa shape index (κ3) is 9.77. The number of rotatable bonds is 9. The zero-order valence-corrected chi connectivity index (χ0v) is 10.8. The number of thioether (sulfide) groups is 1. The number of primary amides is 1. The maximum atomic E-state index is 11.2. The number of nitrogens with two attached hydrogens (primary N) is 1. The molecule has 0 aromatic rings. The second-order valence-corrected chi connectivity index (χ2v) is 4.97. The first kappa shape index (κ1) is 15.2. The van der Waals surface area contributed by atoms with Crippen molar-refractivity contribution in [2.45, 2.75) is 45.4 Å². The number of carbonyl (C=O) groups is 2.